The molecule has 7 nitrogen and oxygen atoms in total. The van der Waals surface area contributed by atoms with Gasteiger partial charge in [0.05, 0.1) is 5.92 Å². The number of carbonyl (C=O) groups is 3. The second-order valence-electron chi connectivity index (χ2n) is 6.86. The predicted octanol–water partition coefficient (Wildman–Crippen LogP) is 2.65. The molecule has 1 N–H and O–H groups in total. The number of Topliss-reactive ketones (excluding diaryl/α,β-unsaturated/α-hetero) is 1. The first-order chi connectivity index (χ1) is 13.5. The Labute approximate surface area is 162 Å². The molecule has 0 unspecified atom stereocenters. The van der Waals surface area contributed by atoms with E-state index in [0.717, 1.165) is 0 Å². The van der Waals surface area contributed by atoms with Crippen LogP contribution in [-0.4, -0.2) is 37.4 Å². The number of hydrogen-bond donors (Lipinski definition) is 1. The second-order valence-corrected chi connectivity index (χ2v) is 6.86. The molecule has 0 saturated carbocycles. The van der Waals surface area contributed by atoms with Crippen molar-refractivity contribution in [2.24, 2.45) is 5.92 Å². The molecule has 7 heteroatoms. The first-order valence-electron chi connectivity index (χ1n) is 9.13. The molecule has 1 atom stereocenters. The SMILES string of the molecule is CC(=O)c1ccc(NC(=O)[C@@H]2CC(=O)N(c3ccc4c(c3)OCCO4)C2)cc1. The number of amides is 2. The van der Waals surface area contributed by atoms with Crippen LogP contribution in [0.3, 0.4) is 0 Å². The average molecular weight is 380 g/mol. The van der Waals surface area contributed by atoms with Gasteiger partial charge in [0.25, 0.3) is 0 Å². The zero-order chi connectivity index (χ0) is 19.7. The number of ketones is 1. The van der Waals surface area contributed by atoms with E-state index in [1.807, 2.05) is 0 Å². The monoisotopic (exact) mass is 380 g/mol. The van der Waals surface area contributed by atoms with Crippen LogP contribution in [0.1, 0.15) is 23.7 Å². The Morgan fingerprint density at radius 3 is 2.46 bits per heavy atom. The van der Waals surface area contributed by atoms with Crippen LogP contribution < -0.4 is 19.7 Å². The molecule has 0 aliphatic carbocycles. The Kier molecular flexibility index (Phi) is 4.73. The zero-order valence-corrected chi connectivity index (χ0v) is 15.4. The third-order valence-corrected chi connectivity index (χ3v) is 4.89. The van der Waals surface area contributed by atoms with E-state index in [9.17, 15) is 14.4 Å². The maximum absolute atomic E-state index is 12.6. The molecule has 2 aliphatic heterocycles. The van der Waals surface area contributed by atoms with E-state index in [1.165, 1.54) is 6.92 Å². The summed E-state index contributed by atoms with van der Waals surface area (Å²) in [5, 5.41) is 2.82. The number of nitrogens with one attached hydrogen (secondary N) is 1. The van der Waals surface area contributed by atoms with Gasteiger partial charge < -0.3 is 19.7 Å². The summed E-state index contributed by atoms with van der Waals surface area (Å²) in [6.07, 6.45) is 0.145. The van der Waals surface area contributed by atoms with Gasteiger partial charge in [-0.1, -0.05) is 0 Å². The largest absolute Gasteiger partial charge is 0.486 e. The van der Waals surface area contributed by atoms with Crippen molar-refractivity contribution in [3.05, 3.63) is 48.0 Å². The molecule has 0 spiro atoms. The normalized spacial score (nSPS) is 18.1. The summed E-state index contributed by atoms with van der Waals surface area (Å²) in [6, 6.07) is 12.0. The van der Waals surface area contributed by atoms with E-state index in [0.29, 0.717) is 48.2 Å². The number of ether oxygens (including phenoxy) is 2. The summed E-state index contributed by atoms with van der Waals surface area (Å²) < 4.78 is 11.1. The van der Waals surface area contributed by atoms with Gasteiger partial charge in [-0.05, 0) is 43.3 Å². The Balaban J connectivity index is 1.44. The molecular weight excluding hydrogens is 360 g/mol. The fraction of sp³-hybridized carbons (Fsp3) is 0.286. The standard InChI is InChI=1S/C21H20N2O5/c1-13(24)14-2-4-16(5-3-14)22-21(26)15-10-20(25)23(12-15)17-6-7-18-19(11-17)28-9-8-27-18/h2-7,11,15H,8-10,12H2,1H3,(H,22,26)/t15-/m1/s1. The third kappa shape index (κ3) is 3.55. The lowest BCUT2D eigenvalue weighted by Gasteiger charge is -2.22. The summed E-state index contributed by atoms with van der Waals surface area (Å²) in [7, 11) is 0. The van der Waals surface area contributed by atoms with Gasteiger partial charge in [0.2, 0.25) is 11.8 Å². The molecule has 2 aromatic rings. The summed E-state index contributed by atoms with van der Waals surface area (Å²) >= 11 is 0. The van der Waals surface area contributed by atoms with Gasteiger partial charge in [0, 0.05) is 36.0 Å². The molecule has 1 fully saturated rings. The number of fused-ring (bicyclic) bond motifs is 1. The Bertz CT molecular complexity index is 938. The van der Waals surface area contributed by atoms with Crippen molar-refractivity contribution in [3.8, 4) is 11.5 Å². The quantitative estimate of drug-likeness (QED) is 0.825. The van der Waals surface area contributed by atoms with E-state index in [-0.39, 0.29) is 24.0 Å². The summed E-state index contributed by atoms with van der Waals surface area (Å²) in [6.45, 7) is 2.77. The van der Waals surface area contributed by atoms with Crippen molar-refractivity contribution in [1.82, 2.24) is 0 Å². The van der Waals surface area contributed by atoms with Crippen molar-refractivity contribution in [1.29, 1.82) is 0 Å². The molecule has 2 heterocycles. The van der Waals surface area contributed by atoms with E-state index < -0.39 is 5.92 Å². The van der Waals surface area contributed by atoms with Crippen molar-refractivity contribution >= 4 is 29.0 Å². The van der Waals surface area contributed by atoms with Crippen LogP contribution in [-0.2, 0) is 9.59 Å². The van der Waals surface area contributed by atoms with Gasteiger partial charge in [0.15, 0.2) is 17.3 Å². The minimum absolute atomic E-state index is 0.0330. The van der Waals surface area contributed by atoms with Crippen LogP contribution in [0, 0.1) is 5.92 Å². The fourth-order valence-electron chi connectivity index (χ4n) is 3.37. The summed E-state index contributed by atoms with van der Waals surface area (Å²) in [4.78, 5) is 38.0. The van der Waals surface area contributed by atoms with Gasteiger partial charge in [-0.25, -0.2) is 0 Å². The first kappa shape index (κ1) is 18.0. The number of carbonyl (C=O) groups excluding carboxylic acids is 3. The molecule has 2 aliphatic rings. The lowest BCUT2D eigenvalue weighted by molar-refractivity contribution is -0.122. The Morgan fingerprint density at radius 2 is 1.75 bits per heavy atom. The van der Waals surface area contributed by atoms with E-state index in [4.69, 9.17) is 9.47 Å². The van der Waals surface area contributed by atoms with Gasteiger partial charge in [-0.15, -0.1) is 0 Å². The smallest absolute Gasteiger partial charge is 0.229 e. The lowest BCUT2D eigenvalue weighted by atomic mass is 10.1. The van der Waals surface area contributed by atoms with E-state index in [2.05, 4.69) is 5.32 Å². The van der Waals surface area contributed by atoms with Gasteiger partial charge in [0.1, 0.15) is 13.2 Å². The highest BCUT2D eigenvalue weighted by Crippen LogP contribution is 2.36. The maximum Gasteiger partial charge on any atom is 0.229 e. The van der Waals surface area contributed by atoms with Gasteiger partial charge >= 0.3 is 0 Å². The van der Waals surface area contributed by atoms with Gasteiger partial charge in [-0.3, -0.25) is 14.4 Å². The lowest BCUT2D eigenvalue weighted by Crippen LogP contribution is -2.28. The number of benzene rings is 2. The number of rotatable bonds is 4. The average Bonchev–Trinajstić information content (AvgIpc) is 3.10. The van der Waals surface area contributed by atoms with Crippen LogP contribution in [0.2, 0.25) is 0 Å². The van der Waals surface area contributed by atoms with Crippen molar-refractivity contribution < 1.29 is 23.9 Å². The molecule has 4 rings (SSSR count). The van der Waals surface area contributed by atoms with Crippen molar-refractivity contribution in [2.75, 3.05) is 30.0 Å². The molecule has 2 amide bonds. The minimum Gasteiger partial charge on any atom is -0.486 e. The summed E-state index contributed by atoms with van der Waals surface area (Å²) in [5.74, 6) is 0.454. The van der Waals surface area contributed by atoms with Crippen LogP contribution in [0.25, 0.3) is 0 Å². The third-order valence-electron chi connectivity index (χ3n) is 4.89. The number of anilines is 2. The van der Waals surface area contributed by atoms with Gasteiger partial charge in [-0.2, -0.15) is 0 Å². The maximum atomic E-state index is 12.6. The number of hydrogen-bond acceptors (Lipinski definition) is 5. The van der Waals surface area contributed by atoms with Crippen LogP contribution in [0.15, 0.2) is 42.5 Å². The molecule has 0 aromatic heterocycles. The van der Waals surface area contributed by atoms with E-state index >= 15 is 0 Å². The zero-order valence-electron chi connectivity index (χ0n) is 15.4. The highest BCUT2D eigenvalue weighted by Gasteiger charge is 2.35. The molecule has 28 heavy (non-hydrogen) atoms. The molecule has 0 bridgehead atoms. The highest BCUT2D eigenvalue weighted by atomic mass is 16.6. The Morgan fingerprint density at radius 1 is 1.04 bits per heavy atom. The second kappa shape index (κ2) is 7.34. The molecule has 144 valence electrons. The van der Waals surface area contributed by atoms with Crippen LogP contribution in [0.5, 0.6) is 11.5 Å². The molecule has 2 aromatic carbocycles. The molecule has 0 radical (unpaired) electrons. The minimum atomic E-state index is -0.451. The summed E-state index contributed by atoms with van der Waals surface area (Å²) in [5.41, 5.74) is 1.87. The molecular formula is C21H20N2O5. The van der Waals surface area contributed by atoms with Crippen molar-refractivity contribution in [3.63, 3.8) is 0 Å². The predicted molar refractivity (Wildman–Crippen MR) is 103 cm³/mol. The van der Waals surface area contributed by atoms with Crippen LogP contribution in [0.4, 0.5) is 11.4 Å². The Hall–Kier alpha value is -3.35. The first-order valence-corrected chi connectivity index (χ1v) is 9.13. The van der Waals surface area contributed by atoms with E-state index in [1.54, 1.807) is 47.4 Å². The highest BCUT2D eigenvalue weighted by molar-refractivity contribution is 6.04. The topological polar surface area (TPSA) is 84.9 Å². The van der Waals surface area contributed by atoms with Crippen molar-refractivity contribution in [2.45, 2.75) is 13.3 Å². The van der Waals surface area contributed by atoms with Crippen LogP contribution >= 0.6 is 0 Å². The fourth-order valence-corrected chi connectivity index (χ4v) is 3.37. The number of nitrogens with zero attached hydrogens (tertiary/aromatic N) is 1. The molecule has 1 saturated heterocycles.